The average Bonchev–Trinajstić information content (AvgIpc) is 2.07. The van der Waals surface area contributed by atoms with Gasteiger partial charge in [-0.1, -0.05) is 39.3 Å². The molecule has 2 nitrogen and oxygen atoms in total. The molecule has 0 aliphatic rings. The van der Waals surface area contributed by atoms with Crippen LogP contribution in [0.5, 0.6) is 0 Å². The highest BCUT2D eigenvalue weighted by Gasteiger charge is 1.95. The first-order valence-corrected chi connectivity index (χ1v) is 4.84. The second-order valence-corrected chi connectivity index (χ2v) is 3.12. The van der Waals surface area contributed by atoms with E-state index in [2.05, 4.69) is 19.0 Å². The molecule has 74 valence electrons. The molecule has 0 amide bonds. The molecule has 0 atom stereocenters. The van der Waals surface area contributed by atoms with Crippen LogP contribution in [-0.2, 0) is 0 Å². The van der Waals surface area contributed by atoms with Gasteiger partial charge in [0.2, 0.25) is 0 Å². The van der Waals surface area contributed by atoms with Gasteiger partial charge in [-0.25, -0.2) is 0 Å². The molecule has 0 fully saturated rings. The Balaban J connectivity index is 0. The zero-order valence-corrected chi connectivity index (χ0v) is 9.09. The number of oxime groups is 1. The Morgan fingerprint density at radius 1 is 1.33 bits per heavy atom. The lowest BCUT2D eigenvalue weighted by atomic mass is 10.1. The van der Waals surface area contributed by atoms with Gasteiger partial charge in [0.05, 0.1) is 5.71 Å². The quantitative estimate of drug-likeness (QED) is 0.392. The molecule has 1 N–H and O–H groups in total. The summed E-state index contributed by atoms with van der Waals surface area (Å²) in [6, 6.07) is 0. The van der Waals surface area contributed by atoms with Crippen LogP contribution in [0, 0.1) is 5.92 Å². The molecule has 0 unspecified atom stereocenters. The zero-order chi connectivity index (χ0) is 9.98. The van der Waals surface area contributed by atoms with Gasteiger partial charge in [0, 0.05) is 0 Å². The van der Waals surface area contributed by atoms with Crippen molar-refractivity contribution in [3.05, 3.63) is 0 Å². The molecular formula is C10H23NO. The van der Waals surface area contributed by atoms with E-state index in [4.69, 9.17) is 5.21 Å². The second kappa shape index (κ2) is 10.5. The Morgan fingerprint density at radius 2 is 1.83 bits per heavy atom. The Labute approximate surface area is 76.7 Å². The summed E-state index contributed by atoms with van der Waals surface area (Å²) >= 11 is 0. The second-order valence-electron chi connectivity index (χ2n) is 3.12. The summed E-state index contributed by atoms with van der Waals surface area (Å²) in [5.74, 6) is 0.756. The molecule has 0 aromatic rings. The average molecular weight is 173 g/mol. The summed E-state index contributed by atoms with van der Waals surface area (Å²) in [6.45, 7) is 10.2. The van der Waals surface area contributed by atoms with Crippen LogP contribution in [-0.4, -0.2) is 10.9 Å². The van der Waals surface area contributed by atoms with Gasteiger partial charge in [0.25, 0.3) is 0 Å². The third kappa shape index (κ3) is 12.2. The van der Waals surface area contributed by atoms with E-state index in [0.717, 1.165) is 24.5 Å². The standard InChI is InChI=1S/C8H17NO.C2H6/c1-7(2)5-4-6-8(3)9-10;1-2/h7,10H,4-6H2,1-3H3;1-2H3/b9-8-;. The third-order valence-electron chi connectivity index (χ3n) is 1.49. The largest absolute Gasteiger partial charge is 0.411 e. The maximum atomic E-state index is 8.29. The smallest absolute Gasteiger partial charge is 0.0540 e. The van der Waals surface area contributed by atoms with E-state index in [9.17, 15) is 0 Å². The van der Waals surface area contributed by atoms with Gasteiger partial charge in [0.1, 0.15) is 0 Å². The van der Waals surface area contributed by atoms with Gasteiger partial charge in [0.15, 0.2) is 0 Å². The summed E-state index contributed by atoms with van der Waals surface area (Å²) in [6.07, 6.45) is 3.27. The minimum atomic E-state index is 0.756. The molecule has 0 heterocycles. The summed E-state index contributed by atoms with van der Waals surface area (Å²) in [5.41, 5.74) is 0.834. The van der Waals surface area contributed by atoms with Crippen LogP contribution in [0.25, 0.3) is 0 Å². The highest BCUT2D eigenvalue weighted by Crippen LogP contribution is 2.06. The first kappa shape index (κ1) is 14.0. The lowest BCUT2D eigenvalue weighted by Crippen LogP contribution is -1.93. The van der Waals surface area contributed by atoms with Crippen LogP contribution in [0.4, 0.5) is 0 Å². The molecule has 2 heteroatoms. The summed E-state index contributed by atoms with van der Waals surface area (Å²) < 4.78 is 0. The van der Waals surface area contributed by atoms with Gasteiger partial charge < -0.3 is 5.21 Å². The fourth-order valence-corrected chi connectivity index (χ4v) is 0.816. The van der Waals surface area contributed by atoms with Crippen LogP contribution in [0.1, 0.15) is 53.9 Å². The molecule has 12 heavy (non-hydrogen) atoms. The summed E-state index contributed by atoms with van der Waals surface area (Å²) in [7, 11) is 0. The highest BCUT2D eigenvalue weighted by atomic mass is 16.4. The molecule has 0 aromatic heterocycles. The van der Waals surface area contributed by atoms with Gasteiger partial charge in [-0.05, 0) is 25.7 Å². The highest BCUT2D eigenvalue weighted by molar-refractivity contribution is 5.81. The van der Waals surface area contributed by atoms with Crippen molar-refractivity contribution < 1.29 is 5.21 Å². The molecule has 0 spiro atoms. The molecule has 0 bridgehead atoms. The zero-order valence-electron chi connectivity index (χ0n) is 9.09. The predicted molar refractivity (Wildman–Crippen MR) is 54.9 cm³/mol. The molecular weight excluding hydrogens is 150 g/mol. The van der Waals surface area contributed by atoms with Gasteiger partial charge in [-0.2, -0.15) is 0 Å². The fourth-order valence-electron chi connectivity index (χ4n) is 0.816. The lowest BCUT2D eigenvalue weighted by molar-refractivity contribution is 0.317. The predicted octanol–water partition coefficient (Wildman–Crippen LogP) is 3.69. The molecule has 0 radical (unpaired) electrons. The van der Waals surface area contributed by atoms with E-state index in [-0.39, 0.29) is 0 Å². The van der Waals surface area contributed by atoms with Crippen molar-refractivity contribution in [1.29, 1.82) is 0 Å². The third-order valence-corrected chi connectivity index (χ3v) is 1.49. The Bertz CT molecular complexity index is 108. The fraction of sp³-hybridized carbons (Fsp3) is 0.900. The van der Waals surface area contributed by atoms with E-state index in [1.165, 1.54) is 6.42 Å². The van der Waals surface area contributed by atoms with Crippen LogP contribution in [0.3, 0.4) is 0 Å². The maximum Gasteiger partial charge on any atom is 0.0540 e. The van der Waals surface area contributed by atoms with E-state index >= 15 is 0 Å². The van der Waals surface area contributed by atoms with Crippen LogP contribution in [0.15, 0.2) is 5.16 Å². The first-order chi connectivity index (χ1) is 5.66. The monoisotopic (exact) mass is 173 g/mol. The molecule has 0 saturated heterocycles. The van der Waals surface area contributed by atoms with Crippen molar-refractivity contribution in [2.24, 2.45) is 11.1 Å². The molecule has 0 saturated carbocycles. The van der Waals surface area contributed by atoms with Crippen LogP contribution >= 0.6 is 0 Å². The van der Waals surface area contributed by atoms with E-state index in [0.29, 0.717) is 0 Å². The van der Waals surface area contributed by atoms with Crippen molar-refractivity contribution in [2.75, 3.05) is 0 Å². The molecule has 0 aromatic carbocycles. The normalized spacial score (nSPS) is 11.0. The lowest BCUT2D eigenvalue weighted by Gasteiger charge is -2.01. The molecule has 0 aliphatic heterocycles. The van der Waals surface area contributed by atoms with Gasteiger partial charge in [-0.3, -0.25) is 0 Å². The van der Waals surface area contributed by atoms with Crippen molar-refractivity contribution in [2.45, 2.75) is 53.9 Å². The van der Waals surface area contributed by atoms with Crippen molar-refractivity contribution in [3.63, 3.8) is 0 Å². The maximum absolute atomic E-state index is 8.29. The topological polar surface area (TPSA) is 32.6 Å². The number of hydrogen-bond acceptors (Lipinski definition) is 2. The number of nitrogens with zero attached hydrogens (tertiary/aromatic N) is 1. The first-order valence-electron chi connectivity index (χ1n) is 4.84. The van der Waals surface area contributed by atoms with Gasteiger partial charge in [-0.15, -0.1) is 0 Å². The van der Waals surface area contributed by atoms with E-state index < -0.39 is 0 Å². The summed E-state index contributed by atoms with van der Waals surface area (Å²) in [5, 5.41) is 11.4. The van der Waals surface area contributed by atoms with Crippen molar-refractivity contribution >= 4 is 5.71 Å². The SMILES string of the molecule is C/C(CCCC(C)C)=N/O.CC. The minimum Gasteiger partial charge on any atom is -0.411 e. The molecule has 0 rings (SSSR count). The van der Waals surface area contributed by atoms with Crippen molar-refractivity contribution in [3.8, 4) is 0 Å². The van der Waals surface area contributed by atoms with Crippen LogP contribution < -0.4 is 0 Å². The molecule has 0 aliphatic carbocycles. The summed E-state index contributed by atoms with van der Waals surface area (Å²) in [4.78, 5) is 0. The van der Waals surface area contributed by atoms with Gasteiger partial charge >= 0.3 is 0 Å². The van der Waals surface area contributed by atoms with E-state index in [1.54, 1.807) is 0 Å². The Morgan fingerprint density at radius 3 is 2.17 bits per heavy atom. The Hall–Kier alpha value is -0.530. The van der Waals surface area contributed by atoms with Crippen molar-refractivity contribution in [1.82, 2.24) is 0 Å². The number of rotatable bonds is 4. The van der Waals surface area contributed by atoms with E-state index in [1.807, 2.05) is 20.8 Å². The minimum absolute atomic E-state index is 0.756. The van der Waals surface area contributed by atoms with Crippen LogP contribution in [0.2, 0.25) is 0 Å². The number of hydrogen-bond donors (Lipinski definition) is 1. The Kier molecular flexibility index (Phi) is 12.2.